The second kappa shape index (κ2) is 5.68. The number of aromatic nitrogens is 5. The van der Waals surface area contributed by atoms with Crippen LogP contribution in [0.4, 0.5) is 0 Å². The summed E-state index contributed by atoms with van der Waals surface area (Å²) in [4.78, 5) is 13.0. The van der Waals surface area contributed by atoms with Gasteiger partial charge in [-0.3, -0.25) is 14.6 Å². The van der Waals surface area contributed by atoms with Crippen LogP contribution < -0.4 is 5.32 Å². The minimum Gasteiger partial charge on any atom is -0.308 e. The summed E-state index contributed by atoms with van der Waals surface area (Å²) in [6, 6.07) is 0.117. The quantitative estimate of drug-likeness (QED) is 0.845. The number of nitrogens with one attached hydrogen (secondary N) is 1. The Hall–Kier alpha value is -1.82. The van der Waals surface area contributed by atoms with Gasteiger partial charge in [0.15, 0.2) is 0 Å². The van der Waals surface area contributed by atoms with Gasteiger partial charge >= 0.3 is 0 Å². The highest BCUT2D eigenvalue weighted by molar-refractivity contribution is 5.08. The summed E-state index contributed by atoms with van der Waals surface area (Å²) in [5.41, 5.74) is 1.86. The molecule has 0 saturated carbocycles. The zero-order valence-electron chi connectivity index (χ0n) is 11.0. The van der Waals surface area contributed by atoms with Crippen molar-refractivity contribution in [2.75, 3.05) is 6.54 Å². The fraction of sp³-hybridized carbons (Fsp3) is 0.500. The van der Waals surface area contributed by atoms with E-state index in [0.29, 0.717) is 0 Å². The Labute approximate surface area is 106 Å². The molecular formula is C12H18N6. The molecule has 2 rings (SSSR count). The molecular weight excluding hydrogens is 228 g/mol. The summed E-state index contributed by atoms with van der Waals surface area (Å²) in [7, 11) is 1.89. The molecule has 96 valence electrons. The summed E-state index contributed by atoms with van der Waals surface area (Å²) in [6.07, 6.45) is 5.93. The molecule has 0 aliphatic carbocycles. The van der Waals surface area contributed by atoms with Gasteiger partial charge in [0.1, 0.15) is 12.2 Å². The number of likely N-dealkylation sites (N-methyl/N-ethyl adjacent to an activating group) is 1. The largest absolute Gasteiger partial charge is 0.308 e. The van der Waals surface area contributed by atoms with Crippen LogP contribution in [0.15, 0.2) is 18.7 Å². The average molecular weight is 246 g/mol. The third-order valence-corrected chi connectivity index (χ3v) is 2.80. The van der Waals surface area contributed by atoms with Crippen molar-refractivity contribution < 1.29 is 0 Å². The smallest absolute Gasteiger partial charge is 0.138 e. The lowest BCUT2D eigenvalue weighted by Crippen LogP contribution is -2.25. The normalized spacial score (nSPS) is 12.6. The molecule has 2 heterocycles. The van der Waals surface area contributed by atoms with E-state index in [1.54, 1.807) is 17.2 Å². The van der Waals surface area contributed by atoms with E-state index in [-0.39, 0.29) is 6.04 Å². The Bertz CT molecular complexity index is 490. The molecule has 6 nitrogen and oxygen atoms in total. The number of rotatable bonds is 5. The van der Waals surface area contributed by atoms with E-state index >= 15 is 0 Å². The van der Waals surface area contributed by atoms with Crippen LogP contribution in [0.25, 0.3) is 0 Å². The SMILES string of the molecule is CCNC(Cc1ncnn1C)c1cnc(C)cn1. The standard InChI is InChI=1S/C12H18N6/c1-4-13-10(5-12-16-8-17-18(12)3)11-7-14-9(2)6-15-11/h6-8,10,13H,4-5H2,1-3H3. The minimum atomic E-state index is 0.117. The summed E-state index contributed by atoms with van der Waals surface area (Å²) in [5.74, 6) is 0.934. The van der Waals surface area contributed by atoms with E-state index in [4.69, 9.17) is 0 Å². The number of nitrogens with zero attached hydrogens (tertiary/aromatic N) is 5. The highest BCUT2D eigenvalue weighted by Crippen LogP contribution is 2.14. The molecule has 1 N–H and O–H groups in total. The molecule has 0 bridgehead atoms. The molecule has 2 aromatic rings. The van der Waals surface area contributed by atoms with E-state index < -0.39 is 0 Å². The van der Waals surface area contributed by atoms with Crippen LogP contribution in [0.5, 0.6) is 0 Å². The van der Waals surface area contributed by atoms with Gasteiger partial charge in [0.05, 0.1) is 23.6 Å². The molecule has 0 aliphatic rings. The van der Waals surface area contributed by atoms with Crippen molar-refractivity contribution in [2.45, 2.75) is 26.3 Å². The van der Waals surface area contributed by atoms with Crippen LogP contribution in [0.1, 0.15) is 30.2 Å². The predicted molar refractivity (Wildman–Crippen MR) is 67.9 cm³/mol. The van der Waals surface area contributed by atoms with Crippen LogP contribution in [0, 0.1) is 6.92 Å². The molecule has 0 radical (unpaired) electrons. The lowest BCUT2D eigenvalue weighted by Gasteiger charge is -2.16. The van der Waals surface area contributed by atoms with Crippen LogP contribution in [0.2, 0.25) is 0 Å². The molecule has 0 amide bonds. The molecule has 6 heteroatoms. The Balaban J connectivity index is 2.18. The maximum atomic E-state index is 4.42. The van der Waals surface area contributed by atoms with Gasteiger partial charge in [-0.2, -0.15) is 5.10 Å². The molecule has 2 aromatic heterocycles. The monoisotopic (exact) mass is 246 g/mol. The van der Waals surface area contributed by atoms with Gasteiger partial charge in [-0.1, -0.05) is 6.92 Å². The second-order valence-corrected chi connectivity index (χ2v) is 4.20. The Morgan fingerprint density at radius 3 is 2.67 bits per heavy atom. The van der Waals surface area contributed by atoms with Gasteiger partial charge in [0.25, 0.3) is 0 Å². The van der Waals surface area contributed by atoms with Crippen molar-refractivity contribution in [3.63, 3.8) is 0 Å². The zero-order chi connectivity index (χ0) is 13.0. The highest BCUT2D eigenvalue weighted by Gasteiger charge is 2.15. The van der Waals surface area contributed by atoms with Gasteiger partial charge < -0.3 is 5.32 Å². The molecule has 0 spiro atoms. The van der Waals surface area contributed by atoms with Crippen LogP contribution in [-0.2, 0) is 13.5 Å². The molecule has 0 fully saturated rings. The molecule has 18 heavy (non-hydrogen) atoms. The van der Waals surface area contributed by atoms with Crippen LogP contribution in [0.3, 0.4) is 0 Å². The number of hydrogen-bond donors (Lipinski definition) is 1. The third kappa shape index (κ3) is 2.89. The fourth-order valence-electron chi connectivity index (χ4n) is 1.80. The molecule has 0 saturated heterocycles. The molecule has 0 aliphatic heterocycles. The Morgan fingerprint density at radius 2 is 2.11 bits per heavy atom. The van der Waals surface area contributed by atoms with Crippen molar-refractivity contribution in [1.82, 2.24) is 30.0 Å². The summed E-state index contributed by atoms with van der Waals surface area (Å²) < 4.78 is 1.78. The third-order valence-electron chi connectivity index (χ3n) is 2.80. The van der Waals surface area contributed by atoms with Crippen molar-refractivity contribution in [1.29, 1.82) is 0 Å². The van der Waals surface area contributed by atoms with E-state index in [1.807, 2.05) is 20.2 Å². The van der Waals surface area contributed by atoms with E-state index in [0.717, 1.165) is 30.2 Å². The van der Waals surface area contributed by atoms with Gasteiger partial charge in [0, 0.05) is 19.7 Å². The van der Waals surface area contributed by atoms with Gasteiger partial charge in [0.2, 0.25) is 0 Å². The fourth-order valence-corrected chi connectivity index (χ4v) is 1.80. The van der Waals surface area contributed by atoms with Crippen molar-refractivity contribution >= 4 is 0 Å². The lowest BCUT2D eigenvalue weighted by molar-refractivity contribution is 0.509. The van der Waals surface area contributed by atoms with Crippen molar-refractivity contribution in [3.8, 4) is 0 Å². The maximum Gasteiger partial charge on any atom is 0.138 e. The van der Waals surface area contributed by atoms with E-state index in [9.17, 15) is 0 Å². The van der Waals surface area contributed by atoms with E-state index in [2.05, 4.69) is 32.3 Å². The lowest BCUT2D eigenvalue weighted by atomic mass is 10.1. The summed E-state index contributed by atoms with van der Waals surface area (Å²) >= 11 is 0. The second-order valence-electron chi connectivity index (χ2n) is 4.20. The zero-order valence-corrected chi connectivity index (χ0v) is 11.0. The first kappa shape index (κ1) is 12.6. The van der Waals surface area contributed by atoms with E-state index in [1.165, 1.54) is 0 Å². The Morgan fingerprint density at radius 1 is 1.28 bits per heavy atom. The average Bonchev–Trinajstić information content (AvgIpc) is 2.76. The summed E-state index contributed by atoms with van der Waals surface area (Å²) in [5, 5.41) is 7.48. The number of hydrogen-bond acceptors (Lipinski definition) is 5. The minimum absolute atomic E-state index is 0.117. The predicted octanol–water partition coefficient (Wildman–Crippen LogP) is 0.807. The maximum absolute atomic E-state index is 4.42. The van der Waals surface area contributed by atoms with Gasteiger partial charge in [-0.05, 0) is 13.5 Å². The van der Waals surface area contributed by atoms with Crippen LogP contribution >= 0.6 is 0 Å². The van der Waals surface area contributed by atoms with Crippen LogP contribution in [-0.4, -0.2) is 31.3 Å². The molecule has 1 atom stereocenters. The topological polar surface area (TPSA) is 68.5 Å². The van der Waals surface area contributed by atoms with Gasteiger partial charge in [-0.25, -0.2) is 4.98 Å². The highest BCUT2D eigenvalue weighted by atomic mass is 15.3. The first-order valence-corrected chi connectivity index (χ1v) is 6.05. The first-order chi connectivity index (χ1) is 8.70. The van der Waals surface area contributed by atoms with Crippen molar-refractivity contribution in [3.05, 3.63) is 35.9 Å². The molecule has 0 aromatic carbocycles. The first-order valence-electron chi connectivity index (χ1n) is 6.05. The van der Waals surface area contributed by atoms with Gasteiger partial charge in [-0.15, -0.1) is 0 Å². The van der Waals surface area contributed by atoms with Crippen molar-refractivity contribution in [2.24, 2.45) is 7.05 Å². The molecule has 1 unspecified atom stereocenters. The Kier molecular flexibility index (Phi) is 3.99. The number of aryl methyl sites for hydroxylation is 2. The summed E-state index contributed by atoms with van der Waals surface area (Å²) in [6.45, 7) is 4.88.